The molecular formula is C15H17BrFN3O. The van der Waals surface area contributed by atoms with Crippen molar-refractivity contribution in [2.24, 2.45) is 5.84 Å². The SMILES string of the molecule is COc1ccc(CC(Cc2cc(F)ccc2Br)NN)cn1. The first kappa shape index (κ1) is 15.9. The summed E-state index contributed by atoms with van der Waals surface area (Å²) in [6, 6.07) is 8.37. The molecule has 3 N–H and O–H groups in total. The lowest BCUT2D eigenvalue weighted by Crippen LogP contribution is -2.38. The van der Waals surface area contributed by atoms with E-state index in [0.29, 0.717) is 18.7 Å². The Morgan fingerprint density at radius 1 is 1.33 bits per heavy atom. The van der Waals surface area contributed by atoms with Crippen molar-refractivity contribution in [2.45, 2.75) is 18.9 Å². The fraction of sp³-hybridized carbons (Fsp3) is 0.267. The van der Waals surface area contributed by atoms with Crippen LogP contribution >= 0.6 is 15.9 Å². The van der Waals surface area contributed by atoms with Crippen LogP contribution in [0.1, 0.15) is 11.1 Å². The molecule has 0 amide bonds. The van der Waals surface area contributed by atoms with Crippen molar-refractivity contribution < 1.29 is 9.13 Å². The van der Waals surface area contributed by atoms with Crippen LogP contribution in [0.2, 0.25) is 0 Å². The lowest BCUT2D eigenvalue weighted by molar-refractivity contribution is 0.397. The van der Waals surface area contributed by atoms with Crippen molar-refractivity contribution in [2.75, 3.05) is 7.11 Å². The second-order valence-electron chi connectivity index (χ2n) is 4.72. The van der Waals surface area contributed by atoms with Gasteiger partial charge in [-0.1, -0.05) is 22.0 Å². The van der Waals surface area contributed by atoms with E-state index in [1.54, 1.807) is 25.4 Å². The van der Waals surface area contributed by atoms with Crippen molar-refractivity contribution in [3.8, 4) is 5.88 Å². The Morgan fingerprint density at radius 2 is 2.14 bits per heavy atom. The lowest BCUT2D eigenvalue weighted by atomic mass is 10.0. The number of nitrogens with zero attached hydrogens (tertiary/aromatic N) is 1. The molecule has 1 aromatic heterocycles. The normalized spacial score (nSPS) is 12.2. The standard InChI is InChI=1S/C15H17BrFN3O/c1-21-15-5-2-10(9-19-15)6-13(20-18)8-11-7-12(17)3-4-14(11)16/h2-5,7,9,13,20H,6,8,18H2,1H3. The van der Waals surface area contributed by atoms with Gasteiger partial charge < -0.3 is 4.74 Å². The zero-order chi connectivity index (χ0) is 15.2. The molecule has 1 heterocycles. The average Bonchev–Trinajstić information content (AvgIpc) is 2.51. The average molecular weight is 354 g/mol. The molecule has 6 heteroatoms. The van der Waals surface area contributed by atoms with Gasteiger partial charge >= 0.3 is 0 Å². The van der Waals surface area contributed by atoms with Crippen molar-refractivity contribution >= 4 is 15.9 Å². The third-order valence-electron chi connectivity index (χ3n) is 3.20. The zero-order valence-electron chi connectivity index (χ0n) is 11.6. The summed E-state index contributed by atoms with van der Waals surface area (Å²) in [6.07, 6.45) is 3.06. The summed E-state index contributed by atoms with van der Waals surface area (Å²) < 4.78 is 19.2. The molecule has 21 heavy (non-hydrogen) atoms. The van der Waals surface area contributed by atoms with Crippen LogP contribution < -0.4 is 16.0 Å². The number of hydrazine groups is 1. The maximum Gasteiger partial charge on any atom is 0.212 e. The van der Waals surface area contributed by atoms with E-state index < -0.39 is 0 Å². The number of methoxy groups -OCH3 is 1. The molecule has 0 aliphatic carbocycles. The van der Waals surface area contributed by atoms with Crippen molar-refractivity contribution in [3.05, 3.63) is 57.9 Å². The van der Waals surface area contributed by atoms with Gasteiger partial charge in [0.2, 0.25) is 5.88 Å². The van der Waals surface area contributed by atoms with E-state index in [1.807, 2.05) is 6.07 Å². The Morgan fingerprint density at radius 3 is 2.76 bits per heavy atom. The highest BCUT2D eigenvalue weighted by Crippen LogP contribution is 2.20. The third-order valence-corrected chi connectivity index (χ3v) is 3.97. The molecule has 0 radical (unpaired) electrons. The van der Waals surface area contributed by atoms with E-state index in [9.17, 15) is 4.39 Å². The summed E-state index contributed by atoms with van der Waals surface area (Å²) in [6.45, 7) is 0. The van der Waals surface area contributed by atoms with E-state index in [1.165, 1.54) is 12.1 Å². The first-order valence-electron chi connectivity index (χ1n) is 6.51. The lowest BCUT2D eigenvalue weighted by Gasteiger charge is -2.17. The molecule has 4 nitrogen and oxygen atoms in total. The number of nitrogens with two attached hydrogens (primary N) is 1. The van der Waals surface area contributed by atoms with Gasteiger partial charge in [-0.25, -0.2) is 9.37 Å². The van der Waals surface area contributed by atoms with Crippen LogP contribution in [0.15, 0.2) is 41.0 Å². The molecule has 1 aromatic carbocycles. The fourth-order valence-electron chi connectivity index (χ4n) is 2.09. The van der Waals surface area contributed by atoms with Gasteiger partial charge in [-0.3, -0.25) is 11.3 Å². The monoisotopic (exact) mass is 353 g/mol. The fourth-order valence-corrected chi connectivity index (χ4v) is 2.50. The van der Waals surface area contributed by atoms with Crippen molar-refractivity contribution in [1.29, 1.82) is 0 Å². The van der Waals surface area contributed by atoms with Gasteiger partial charge in [-0.15, -0.1) is 0 Å². The van der Waals surface area contributed by atoms with E-state index in [0.717, 1.165) is 15.6 Å². The molecule has 0 fully saturated rings. The highest BCUT2D eigenvalue weighted by Gasteiger charge is 2.12. The van der Waals surface area contributed by atoms with Crippen LogP contribution in [0.5, 0.6) is 5.88 Å². The number of hydrogen-bond donors (Lipinski definition) is 2. The van der Waals surface area contributed by atoms with Gasteiger partial charge in [0.05, 0.1) is 7.11 Å². The van der Waals surface area contributed by atoms with Crippen LogP contribution in [-0.4, -0.2) is 18.1 Å². The summed E-state index contributed by atoms with van der Waals surface area (Å²) in [5, 5.41) is 0. The maximum absolute atomic E-state index is 13.3. The molecule has 0 bridgehead atoms. The van der Waals surface area contributed by atoms with Gasteiger partial charge in [0, 0.05) is 22.8 Å². The number of aromatic nitrogens is 1. The van der Waals surface area contributed by atoms with Crippen molar-refractivity contribution in [3.63, 3.8) is 0 Å². The van der Waals surface area contributed by atoms with Gasteiger partial charge in [-0.2, -0.15) is 0 Å². The Balaban J connectivity index is 2.07. The highest BCUT2D eigenvalue weighted by molar-refractivity contribution is 9.10. The molecule has 1 atom stereocenters. The Kier molecular flexibility index (Phi) is 5.67. The number of halogens is 2. The largest absolute Gasteiger partial charge is 0.481 e. The Bertz CT molecular complexity index is 592. The van der Waals surface area contributed by atoms with Crippen LogP contribution in [0.4, 0.5) is 4.39 Å². The van der Waals surface area contributed by atoms with Crippen LogP contribution in [0.3, 0.4) is 0 Å². The number of hydrogen-bond acceptors (Lipinski definition) is 4. The number of rotatable bonds is 6. The summed E-state index contributed by atoms with van der Waals surface area (Å²) >= 11 is 3.43. The number of pyridine rings is 1. The molecule has 0 saturated carbocycles. The van der Waals surface area contributed by atoms with E-state index >= 15 is 0 Å². The summed E-state index contributed by atoms with van der Waals surface area (Å²) in [7, 11) is 1.58. The van der Waals surface area contributed by atoms with Gasteiger partial charge in [0.25, 0.3) is 0 Å². The summed E-state index contributed by atoms with van der Waals surface area (Å²) in [4.78, 5) is 4.16. The second-order valence-corrected chi connectivity index (χ2v) is 5.57. The third kappa shape index (κ3) is 4.49. The predicted molar refractivity (Wildman–Crippen MR) is 83.4 cm³/mol. The molecule has 0 spiro atoms. The zero-order valence-corrected chi connectivity index (χ0v) is 13.2. The Hall–Kier alpha value is -1.50. The molecule has 112 valence electrons. The predicted octanol–water partition coefficient (Wildman–Crippen LogP) is 2.61. The second kappa shape index (κ2) is 7.49. The number of nitrogens with one attached hydrogen (secondary N) is 1. The molecule has 1 unspecified atom stereocenters. The summed E-state index contributed by atoms with van der Waals surface area (Å²) in [5.74, 6) is 5.93. The smallest absolute Gasteiger partial charge is 0.212 e. The maximum atomic E-state index is 13.3. The molecule has 2 aromatic rings. The Labute approximate surface area is 131 Å². The van der Waals surface area contributed by atoms with E-state index in [-0.39, 0.29) is 11.9 Å². The molecule has 2 rings (SSSR count). The van der Waals surface area contributed by atoms with Gasteiger partial charge in [0.1, 0.15) is 5.82 Å². The van der Waals surface area contributed by atoms with Gasteiger partial charge in [0.15, 0.2) is 0 Å². The quantitative estimate of drug-likeness (QED) is 0.619. The first-order valence-corrected chi connectivity index (χ1v) is 7.30. The molecular weight excluding hydrogens is 337 g/mol. The minimum absolute atomic E-state index is 0.0155. The molecule has 0 aliphatic heterocycles. The minimum Gasteiger partial charge on any atom is -0.481 e. The first-order chi connectivity index (χ1) is 10.1. The minimum atomic E-state index is -0.255. The topological polar surface area (TPSA) is 60.2 Å². The van der Waals surface area contributed by atoms with E-state index in [4.69, 9.17) is 10.6 Å². The van der Waals surface area contributed by atoms with Crippen molar-refractivity contribution in [1.82, 2.24) is 10.4 Å². The molecule has 0 saturated heterocycles. The summed E-state index contributed by atoms with van der Waals surface area (Å²) in [5.41, 5.74) is 4.68. The van der Waals surface area contributed by atoms with Crippen LogP contribution in [-0.2, 0) is 12.8 Å². The number of benzene rings is 1. The van der Waals surface area contributed by atoms with Crippen LogP contribution in [0.25, 0.3) is 0 Å². The van der Waals surface area contributed by atoms with Crippen LogP contribution in [0, 0.1) is 5.82 Å². The highest BCUT2D eigenvalue weighted by atomic mass is 79.9. The number of ether oxygens (including phenoxy) is 1. The van der Waals surface area contributed by atoms with Gasteiger partial charge in [-0.05, 0) is 42.2 Å². The molecule has 0 aliphatic rings. The van der Waals surface area contributed by atoms with E-state index in [2.05, 4.69) is 26.3 Å².